The number of hydrogen-bond acceptors (Lipinski definition) is 6. The molecule has 2 saturated heterocycles. The molecule has 33 heavy (non-hydrogen) atoms. The molecule has 8 nitrogen and oxygen atoms in total. The van der Waals surface area contributed by atoms with Crippen molar-refractivity contribution in [2.45, 2.75) is 37.6 Å². The van der Waals surface area contributed by atoms with Gasteiger partial charge in [-0.25, -0.2) is 14.2 Å². The molecule has 0 aromatic carbocycles. The van der Waals surface area contributed by atoms with E-state index >= 15 is 0 Å². The smallest absolute Gasteiger partial charge is 0.475 e. The van der Waals surface area contributed by atoms with Gasteiger partial charge in [0.15, 0.2) is 5.82 Å². The van der Waals surface area contributed by atoms with Crippen molar-refractivity contribution in [2.75, 3.05) is 19.7 Å². The molecule has 2 aliphatic heterocycles. The molecule has 178 valence electrons. The van der Waals surface area contributed by atoms with Crippen LogP contribution in [0.5, 0.6) is 5.88 Å². The number of aryl methyl sites for hydroxylation is 1. The van der Waals surface area contributed by atoms with Gasteiger partial charge in [-0.1, -0.05) is 0 Å². The number of carbonyl (C=O) groups is 2. The van der Waals surface area contributed by atoms with E-state index in [-0.39, 0.29) is 17.9 Å². The summed E-state index contributed by atoms with van der Waals surface area (Å²) in [4.78, 5) is 31.2. The van der Waals surface area contributed by atoms with Gasteiger partial charge in [-0.2, -0.15) is 13.2 Å². The molecule has 2 aromatic heterocycles. The van der Waals surface area contributed by atoms with Gasteiger partial charge < -0.3 is 19.5 Å². The number of carbonyl (C=O) groups excluding carboxylic acids is 1. The average Bonchev–Trinajstić information content (AvgIpc) is 2.73. The average molecular weight is 471 g/mol. The lowest BCUT2D eigenvalue weighted by atomic mass is 9.84. The molecule has 1 N–H and O–H groups in total. The minimum atomic E-state index is -5.08. The van der Waals surface area contributed by atoms with E-state index in [2.05, 4.69) is 9.97 Å². The van der Waals surface area contributed by atoms with Gasteiger partial charge in [0.2, 0.25) is 0 Å². The zero-order chi connectivity index (χ0) is 24.2. The molecule has 0 aliphatic carbocycles. The van der Waals surface area contributed by atoms with Crippen LogP contribution < -0.4 is 4.74 Å². The van der Waals surface area contributed by atoms with Crippen molar-refractivity contribution in [3.63, 3.8) is 0 Å². The largest absolute Gasteiger partial charge is 0.490 e. The summed E-state index contributed by atoms with van der Waals surface area (Å²) in [5.41, 5.74) is 1.12. The van der Waals surface area contributed by atoms with Crippen molar-refractivity contribution in [2.24, 2.45) is 0 Å². The number of amides is 1. The highest BCUT2D eigenvalue weighted by Crippen LogP contribution is 2.36. The van der Waals surface area contributed by atoms with Crippen LogP contribution in [0.2, 0.25) is 0 Å². The summed E-state index contributed by atoms with van der Waals surface area (Å²) in [6.45, 7) is 3.44. The number of carboxylic acid groups (broad SMARTS) is 1. The van der Waals surface area contributed by atoms with Gasteiger partial charge >= 0.3 is 12.1 Å². The van der Waals surface area contributed by atoms with Gasteiger partial charge in [0.25, 0.3) is 11.8 Å². The summed E-state index contributed by atoms with van der Waals surface area (Å²) in [6, 6.07) is 4.69. The molecule has 0 radical (unpaired) electrons. The van der Waals surface area contributed by atoms with Crippen LogP contribution in [0.1, 0.15) is 28.8 Å². The standard InChI is InChI=1S/C19H20FN3O3.C2HF3O2/c1-13-7-14(10-21-9-13)18(24)23-11-19(12-23)8-15(4-6-25-19)26-17-16(20)3-2-5-22-17;3-2(4,5)1(6)7/h2-3,5,7,9-10,15H,4,6,8,11-12H2,1H3;(H,6,7). The Kier molecular flexibility index (Phi) is 7.15. The van der Waals surface area contributed by atoms with E-state index in [1.807, 2.05) is 13.0 Å². The molecular weight excluding hydrogens is 450 g/mol. The quantitative estimate of drug-likeness (QED) is 0.687. The van der Waals surface area contributed by atoms with E-state index in [4.69, 9.17) is 19.4 Å². The second-order valence-corrected chi connectivity index (χ2v) is 7.77. The first kappa shape index (κ1) is 24.4. The van der Waals surface area contributed by atoms with Gasteiger partial charge in [-0.05, 0) is 30.7 Å². The second kappa shape index (κ2) is 9.69. The molecular formula is C21H21F4N3O5. The van der Waals surface area contributed by atoms with Crippen molar-refractivity contribution in [1.82, 2.24) is 14.9 Å². The fourth-order valence-electron chi connectivity index (χ4n) is 3.57. The van der Waals surface area contributed by atoms with E-state index < -0.39 is 23.6 Å². The Balaban J connectivity index is 0.000000383. The Morgan fingerprint density at radius 2 is 2.00 bits per heavy atom. The molecule has 12 heteroatoms. The Morgan fingerprint density at radius 3 is 2.61 bits per heavy atom. The number of aliphatic carboxylic acids is 1. The molecule has 4 heterocycles. The summed E-state index contributed by atoms with van der Waals surface area (Å²) in [6.07, 6.45) is 0.834. The predicted molar refractivity (Wildman–Crippen MR) is 105 cm³/mol. The van der Waals surface area contributed by atoms with Crippen LogP contribution in [0, 0.1) is 12.7 Å². The molecule has 2 fully saturated rings. The fraction of sp³-hybridized carbons (Fsp3) is 0.429. The first-order valence-corrected chi connectivity index (χ1v) is 9.91. The zero-order valence-electron chi connectivity index (χ0n) is 17.5. The number of likely N-dealkylation sites (tertiary alicyclic amines) is 1. The number of pyridine rings is 2. The van der Waals surface area contributed by atoms with Crippen LogP contribution in [0.3, 0.4) is 0 Å². The summed E-state index contributed by atoms with van der Waals surface area (Å²) in [5.74, 6) is -3.25. The van der Waals surface area contributed by atoms with Crippen LogP contribution in [0.15, 0.2) is 36.8 Å². The minimum Gasteiger partial charge on any atom is -0.475 e. The van der Waals surface area contributed by atoms with Gasteiger partial charge in [-0.15, -0.1) is 0 Å². The number of ether oxygens (including phenoxy) is 2. The van der Waals surface area contributed by atoms with E-state index in [1.165, 1.54) is 18.3 Å². The van der Waals surface area contributed by atoms with Crippen LogP contribution in [-0.4, -0.2) is 69.4 Å². The number of carboxylic acids is 1. The molecule has 0 bridgehead atoms. The Morgan fingerprint density at radius 1 is 1.30 bits per heavy atom. The van der Waals surface area contributed by atoms with Gasteiger partial charge in [0.1, 0.15) is 11.7 Å². The lowest BCUT2D eigenvalue weighted by Crippen LogP contribution is -2.67. The zero-order valence-corrected chi connectivity index (χ0v) is 17.5. The predicted octanol–water partition coefficient (Wildman–Crippen LogP) is 3.01. The van der Waals surface area contributed by atoms with E-state index in [0.717, 1.165) is 5.56 Å². The highest BCUT2D eigenvalue weighted by atomic mass is 19.4. The molecule has 1 amide bonds. The van der Waals surface area contributed by atoms with E-state index in [1.54, 1.807) is 17.3 Å². The number of nitrogens with zero attached hydrogens (tertiary/aromatic N) is 3. The molecule has 1 spiro atoms. The monoisotopic (exact) mass is 471 g/mol. The number of rotatable bonds is 3. The summed E-state index contributed by atoms with van der Waals surface area (Å²) in [7, 11) is 0. The third-order valence-corrected chi connectivity index (χ3v) is 5.06. The molecule has 2 aliphatic rings. The van der Waals surface area contributed by atoms with Gasteiger partial charge in [-0.3, -0.25) is 9.78 Å². The summed E-state index contributed by atoms with van der Waals surface area (Å²) >= 11 is 0. The lowest BCUT2D eigenvalue weighted by Gasteiger charge is -2.52. The Hall–Kier alpha value is -3.28. The number of halogens is 4. The second-order valence-electron chi connectivity index (χ2n) is 7.77. The van der Waals surface area contributed by atoms with Crippen LogP contribution >= 0.6 is 0 Å². The van der Waals surface area contributed by atoms with Crippen molar-refractivity contribution >= 4 is 11.9 Å². The van der Waals surface area contributed by atoms with Crippen LogP contribution in [0.4, 0.5) is 17.6 Å². The Labute approximate surface area is 186 Å². The van der Waals surface area contributed by atoms with Crippen LogP contribution in [-0.2, 0) is 9.53 Å². The number of hydrogen-bond donors (Lipinski definition) is 1. The van der Waals surface area contributed by atoms with Crippen molar-refractivity contribution in [1.29, 1.82) is 0 Å². The SMILES string of the molecule is Cc1cncc(C(=O)N2CC3(CC(Oc4ncccc4F)CCO3)C2)c1.O=C(O)C(F)(F)F. The van der Waals surface area contributed by atoms with Crippen molar-refractivity contribution in [3.8, 4) is 5.88 Å². The van der Waals surface area contributed by atoms with E-state index in [9.17, 15) is 22.4 Å². The third kappa shape index (κ3) is 6.15. The maximum Gasteiger partial charge on any atom is 0.490 e. The highest BCUT2D eigenvalue weighted by molar-refractivity contribution is 5.94. The molecule has 4 rings (SSSR count). The maximum atomic E-state index is 13.7. The number of alkyl halides is 3. The fourth-order valence-corrected chi connectivity index (χ4v) is 3.57. The lowest BCUT2D eigenvalue weighted by molar-refractivity contribution is -0.192. The summed E-state index contributed by atoms with van der Waals surface area (Å²) < 4.78 is 57.1. The van der Waals surface area contributed by atoms with Crippen LogP contribution in [0.25, 0.3) is 0 Å². The van der Waals surface area contributed by atoms with Gasteiger partial charge in [0, 0.05) is 31.4 Å². The third-order valence-electron chi connectivity index (χ3n) is 5.06. The summed E-state index contributed by atoms with van der Waals surface area (Å²) in [5, 5.41) is 7.12. The normalized spacial score (nSPS) is 19.2. The van der Waals surface area contributed by atoms with Crippen molar-refractivity contribution in [3.05, 3.63) is 53.7 Å². The minimum absolute atomic E-state index is 0.0210. The Bertz CT molecular complexity index is 1010. The highest BCUT2D eigenvalue weighted by Gasteiger charge is 2.50. The number of aromatic nitrogens is 2. The van der Waals surface area contributed by atoms with Gasteiger partial charge in [0.05, 0.1) is 25.3 Å². The first-order chi connectivity index (χ1) is 15.5. The molecule has 1 unspecified atom stereocenters. The molecule has 0 saturated carbocycles. The maximum absolute atomic E-state index is 13.7. The van der Waals surface area contributed by atoms with E-state index in [0.29, 0.717) is 38.1 Å². The first-order valence-electron chi connectivity index (χ1n) is 9.91. The molecule has 1 atom stereocenters. The van der Waals surface area contributed by atoms with Crippen molar-refractivity contribution < 1.29 is 41.7 Å². The topological polar surface area (TPSA) is 102 Å². The molecule has 2 aromatic rings.